The number of rotatable bonds is 5. The maximum absolute atomic E-state index is 5.63. The van der Waals surface area contributed by atoms with Gasteiger partial charge >= 0.3 is 0 Å². The van der Waals surface area contributed by atoms with Crippen molar-refractivity contribution in [2.45, 2.75) is 43.9 Å². The molecule has 6 nitrogen and oxygen atoms in total. The fourth-order valence-electron chi connectivity index (χ4n) is 4.48. The van der Waals surface area contributed by atoms with Gasteiger partial charge in [0.05, 0.1) is 6.61 Å². The monoisotopic (exact) mass is 501 g/mol. The fourth-order valence-corrected chi connectivity index (χ4v) is 4.48. The van der Waals surface area contributed by atoms with Crippen LogP contribution >= 0.6 is 24.0 Å². The number of benzene rings is 1. The summed E-state index contributed by atoms with van der Waals surface area (Å²) in [5.74, 6) is 3.20. The lowest BCUT2D eigenvalue weighted by Crippen LogP contribution is -2.47. The molecule has 1 unspecified atom stereocenters. The van der Waals surface area contributed by atoms with Crippen LogP contribution in [0.25, 0.3) is 0 Å². The molecular weight excluding hydrogens is 469 g/mol. The second-order valence-corrected chi connectivity index (χ2v) is 7.95. The number of nitrogens with zero attached hydrogens (tertiary/aromatic N) is 1. The summed E-state index contributed by atoms with van der Waals surface area (Å²) in [7, 11) is 1.84. The first-order valence-corrected chi connectivity index (χ1v) is 10.2. The molecule has 0 spiro atoms. The standard InChI is InChI=1S/C21H31N3O3.HI/c1-22-20(23-12-16-7-10-25-13-16)24-14-21(8-3-2-4-9-21)17-5-6-18-19(11-17)27-15-26-18;/h5-6,11,16H,2-4,7-10,12-15H2,1H3,(H2,22,23,24);1H. The van der Waals surface area contributed by atoms with Crippen molar-refractivity contribution in [1.29, 1.82) is 0 Å². The highest BCUT2D eigenvalue weighted by atomic mass is 127. The van der Waals surface area contributed by atoms with Gasteiger partial charge in [0.25, 0.3) is 0 Å². The van der Waals surface area contributed by atoms with Gasteiger partial charge in [-0.25, -0.2) is 0 Å². The molecule has 2 N–H and O–H groups in total. The van der Waals surface area contributed by atoms with Crippen LogP contribution in [0.5, 0.6) is 11.5 Å². The number of ether oxygens (including phenoxy) is 3. The van der Waals surface area contributed by atoms with Crippen molar-refractivity contribution in [3.05, 3.63) is 23.8 Å². The zero-order valence-electron chi connectivity index (χ0n) is 16.7. The van der Waals surface area contributed by atoms with Gasteiger partial charge in [-0.05, 0) is 37.0 Å². The maximum Gasteiger partial charge on any atom is 0.231 e. The Morgan fingerprint density at radius 1 is 1.14 bits per heavy atom. The van der Waals surface area contributed by atoms with Crippen LogP contribution in [0.15, 0.2) is 23.2 Å². The normalized spacial score (nSPS) is 23.2. The van der Waals surface area contributed by atoms with Crippen molar-refractivity contribution in [3.8, 4) is 11.5 Å². The molecule has 0 radical (unpaired) electrons. The highest BCUT2D eigenvalue weighted by molar-refractivity contribution is 14.0. The number of halogens is 1. The molecule has 4 rings (SSSR count). The molecule has 0 amide bonds. The predicted molar refractivity (Wildman–Crippen MR) is 121 cm³/mol. The van der Waals surface area contributed by atoms with Crippen LogP contribution in [0, 0.1) is 5.92 Å². The van der Waals surface area contributed by atoms with Gasteiger partial charge in [0.15, 0.2) is 17.5 Å². The first-order valence-electron chi connectivity index (χ1n) is 10.2. The minimum atomic E-state index is 0. The first-order chi connectivity index (χ1) is 13.3. The van der Waals surface area contributed by atoms with Gasteiger partial charge in [-0.3, -0.25) is 4.99 Å². The van der Waals surface area contributed by atoms with E-state index < -0.39 is 0 Å². The van der Waals surface area contributed by atoms with Gasteiger partial charge in [-0.2, -0.15) is 0 Å². The molecule has 0 aromatic heterocycles. The van der Waals surface area contributed by atoms with Crippen molar-refractivity contribution in [3.63, 3.8) is 0 Å². The maximum atomic E-state index is 5.63. The highest BCUT2D eigenvalue weighted by Gasteiger charge is 2.35. The van der Waals surface area contributed by atoms with E-state index in [1.54, 1.807) is 0 Å². The van der Waals surface area contributed by atoms with Crippen molar-refractivity contribution in [2.24, 2.45) is 10.9 Å². The smallest absolute Gasteiger partial charge is 0.231 e. The molecule has 3 aliphatic rings. The Labute approximate surface area is 184 Å². The van der Waals surface area contributed by atoms with E-state index in [0.717, 1.165) is 50.2 Å². The molecule has 2 fully saturated rings. The van der Waals surface area contributed by atoms with Gasteiger partial charge in [0.2, 0.25) is 6.79 Å². The van der Waals surface area contributed by atoms with E-state index in [-0.39, 0.29) is 29.4 Å². The Kier molecular flexibility index (Phi) is 7.68. The third-order valence-corrected chi connectivity index (χ3v) is 6.20. The number of nitrogens with one attached hydrogen (secondary N) is 2. The van der Waals surface area contributed by atoms with Crippen LogP contribution in [0.3, 0.4) is 0 Å². The first kappa shape index (κ1) is 21.5. The minimum Gasteiger partial charge on any atom is -0.454 e. The van der Waals surface area contributed by atoms with E-state index in [9.17, 15) is 0 Å². The fraction of sp³-hybridized carbons (Fsp3) is 0.667. The topological polar surface area (TPSA) is 64.1 Å². The van der Waals surface area contributed by atoms with Crippen LogP contribution in [-0.2, 0) is 10.2 Å². The third-order valence-electron chi connectivity index (χ3n) is 6.20. The number of fused-ring (bicyclic) bond motifs is 1. The van der Waals surface area contributed by atoms with Gasteiger partial charge in [0, 0.05) is 38.1 Å². The van der Waals surface area contributed by atoms with Crippen molar-refractivity contribution >= 4 is 29.9 Å². The summed E-state index contributed by atoms with van der Waals surface area (Å²) in [5.41, 5.74) is 1.46. The number of aliphatic imine (C=N–C) groups is 1. The second-order valence-electron chi connectivity index (χ2n) is 7.95. The van der Waals surface area contributed by atoms with Crippen LogP contribution in [0.1, 0.15) is 44.1 Å². The second kappa shape index (κ2) is 10.0. The molecule has 1 atom stereocenters. The molecular formula is C21H32IN3O3. The molecule has 0 bridgehead atoms. The van der Waals surface area contributed by atoms with Crippen molar-refractivity contribution < 1.29 is 14.2 Å². The summed E-state index contributed by atoms with van der Waals surface area (Å²) < 4.78 is 16.6. The molecule has 2 heterocycles. The molecule has 1 aliphatic carbocycles. The van der Waals surface area contributed by atoms with E-state index >= 15 is 0 Å². The van der Waals surface area contributed by atoms with Crippen LogP contribution < -0.4 is 20.1 Å². The van der Waals surface area contributed by atoms with Crippen LogP contribution in [-0.4, -0.2) is 46.1 Å². The molecule has 1 aromatic carbocycles. The quantitative estimate of drug-likeness (QED) is 0.368. The van der Waals surface area contributed by atoms with E-state index in [1.165, 1.54) is 37.7 Å². The summed E-state index contributed by atoms with van der Waals surface area (Å²) >= 11 is 0. The largest absolute Gasteiger partial charge is 0.454 e. The van der Waals surface area contributed by atoms with Crippen molar-refractivity contribution in [1.82, 2.24) is 10.6 Å². The van der Waals surface area contributed by atoms with E-state index in [2.05, 4.69) is 33.8 Å². The zero-order valence-corrected chi connectivity index (χ0v) is 19.0. The molecule has 1 saturated carbocycles. The SMILES string of the molecule is CN=C(NCC1CCOC1)NCC1(c2ccc3c(c2)OCO3)CCCCC1.I. The highest BCUT2D eigenvalue weighted by Crippen LogP contribution is 2.43. The number of hydrogen-bond donors (Lipinski definition) is 2. The summed E-state index contributed by atoms with van der Waals surface area (Å²) in [6.45, 7) is 3.85. The van der Waals surface area contributed by atoms with Crippen LogP contribution in [0.4, 0.5) is 0 Å². The molecule has 28 heavy (non-hydrogen) atoms. The van der Waals surface area contributed by atoms with Gasteiger partial charge in [-0.1, -0.05) is 25.3 Å². The summed E-state index contributed by atoms with van der Waals surface area (Å²) in [5, 5.41) is 7.07. The Morgan fingerprint density at radius 2 is 1.96 bits per heavy atom. The Morgan fingerprint density at radius 3 is 2.71 bits per heavy atom. The van der Waals surface area contributed by atoms with E-state index in [0.29, 0.717) is 12.7 Å². The third kappa shape index (κ3) is 4.84. The molecule has 1 saturated heterocycles. The summed E-state index contributed by atoms with van der Waals surface area (Å²) in [6, 6.07) is 6.45. The van der Waals surface area contributed by atoms with Gasteiger partial charge in [0.1, 0.15) is 0 Å². The zero-order chi connectivity index (χ0) is 18.5. The average molecular weight is 501 g/mol. The van der Waals surface area contributed by atoms with Gasteiger partial charge in [-0.15, -0.1) is 24.0 Å². The lowest BCUT2D eigenvalue weighted by atomic mass is 9.69. The molecule has 7 heteroatoms. The lowest BCUT2D eigenvalue weighted by molar-refractivity contribution is 0.174. The Hall–Kier alpha value is -1.22. The summed E-state index contributed by atoms with van der Waals surface area (Å²) in [6.07, 6.45) is 7.36. The minimum absolute atomic E-state index is 0. The average Bonchev–Trinajstić information content (AvgIpc) is 3.40. The predicted octanol–water partition coefficient (Wildman–Crippen LogP) is 3.44. The molecule has 1 aromatic rings. The van der Waals surface area contributed by atoms with E-state index in [1.807, 2.05) is 7.05 Å². The Bertz CT molecular complexity index is 671. The lowest BCUT2D eigenvalue weighted by Gasteiger charge is -2.38. The number of guanidine groups is 1. The van der Waals surface area contributed by atoms with Gasteiger partial charge < -0.3 is 24.8 Å². The van der Waals surface area contributed by atoms with Crippen molar-refractivity contribution in [2.75, 3.05) is 40.1 Å². The Balaban J connectivity index is 0.00000225. The van der Waals surface area contributed by atoms with Crippen LogP contribution in [0.2, 0.25) is 0 Å². The molecule has 2 aliphatic heterocycles. The number of hydrogen-bond acceptors (Lipinski definition) is 4. The summed E-state index contributed by atoms with van der Waals surface area (Å²) in [4.78, 5) is 4.42. The van der Waals surface area contributed by atoms with E-state index in [4.69, 9.17) is 14.2 Å². The molecule has 156 valence electrons.